The lowest BCUT2D eigenvalue weighted by Gasteiger charge is -2.20. The summed E-state index contributed by atoms with van der Waals surface area (Å²) in [7, 11) is 4.03. The van der Waals surface area contributed by atoms with Crippen molar-refractivity contribution in [3.63, 3.8) is 0 Å². The van der Waals surface area contributed by atoms with Crippen molar-refractivity contribution in [3.05, 3.63) is 53.6 Å². The van der Waals surface area contributed by atoms with Gasteiger partial charge in [-0.1, -0.05) is 48.0 Å². The zero-order valence-electron chi connectivity index (χ0n) is 14.4. The lowest BCUT2D eigenvalue weighted by molar-refractivity contribution is 0.708. The van der Waals surface area contributed by atoms with E-state index >= 15 is 0 Å². The highest BCUT2D eigenvalue weighted by Crippen LogP contribution is 2.31. The third kappa shape index (κ3) is 4.40. The average Bonchev–Trinajstić information content (AvgIpc) is 2.62. The molecular formula is C19H22Cl2N4. The minimum Gasteiger partial charge on any atom is -0.358 e. The SMILES string of the molecule is CNCCCN(C)c1nnc(-c2ccc(Cl)cc2)c2ccccc12.Cl. The molecule has 1 N–H and O–H groups in total. The molecule has 0 aliphatic heterocycles. The van der Waals surface area contributed by atoms with Crippen molar-refractivity contribution in [1.29, 1.82) is 0 Å². The predicted octanol–water partition coefficient (Wildman–Crippen LogP) is 4.42. The number of halogens is 2. The standard InChI is InChI=1S/C19H21ClN4.ClH/c1-21-12-5-13-24(2)19-17-7-4-3-6-16(17)18(22-23-19)14-8-10-15(20)11-9-14;/h3-4,6-11,21H,5,12-13H2,1-2H3;1H. The highest BCUT2D eigenvalue weighted by molar-refractivity contribution is 6.30. The second kappa shape index (κ2) is 8.99. The number of hydrogen-bond acceptors (Lipinski definition) is 4. The number of aromatic nitrogens is 2. The van der Waals surface area contributed by atoms with Crippen molar-refractivity contribution < 1.29 is 0 Å². The fraction of sp³-hybridized carbons (Fsp3) is 0.263. The minimum absolute atomic E-state index is 0. The number of nitrogens with zero attached hydrogens (tertiary/aromatic N) is 3. The van der Waals surface area contributed by atoms with Crippen LogP contribution in [0.2, 0.25) is 5.02 Å². The zero-order valence-corrected chi connectivity index (χ0v) is 15.9. The van der Waals surface area contributed by atoms with Gasteiger partial charge in [-0.05, 0) is 32.1 Å². The Morgan fingerprint density at radius 2 is 1.68 bits per heavy atom. The highest BCUT2D eigenvalue weighted by Gasteiger charge is 2.13. The van der Waals surface area contributed by atoms with Crippen LogP contribution < -0.4 is 10.2 Å². The molecule has 2 aromatic carbocycles. The van der Waals surface area contributed by atoms with Crippen LogP contribution in [0.15, 0.2) is 48.5 Å². The molecule has 0 bridgehead atoms. The fourth-order valence-corrected chi connectivity index (χ4v) is 2.92. The van der Waals surface area contributed by atoms with Crippen LogP contribution in [0.4, 0.5) is 5.82 Å². The zero-order chi connectivity index (χ0) is 16.9. The van der Waals surface area contributed by atoms with Gasteiger partial charge >= 0.3 is 0 Å². The summed E-state index contributed by atoms with van der Waals surface area (Å²) in [6.07, 6.45) is 1.06. The summed E-state index contributed by atoms with van der Waals surface area (Å²) in [5, 5.41) is 15.1. The molecule has 0 unspecified atom stereocenters. The van der Waals surface area contributed by atoms with Crippen LogP contribution in [0.1, 0.15) is 6.42 Å². The summed E-state index contributed by atoms with van der Waals surface area (Å²) in [4.78, 5) is 2.16. The molecule has 0 aliphatic rings. The van der Waals surface area contributed by atoms with Crippen LogP contribution in [-0.4, -0.2) is 37.4 Å². The average molecular weight is 377 g/mol. The van der Waals surface area contributed by atoms with Crippen LogP contribution in [0, 0.1) is 0 Å². The molecule has 4 nitrogen and oxygen atoms in total. The number of benzene rings is 2. The molecule has 0 spiro atoms. The van der Waals surface area contributed by atoms with E-state index in [0.29, 0.717) is 0 Å². The van der Waals surface area contributed by atoms with Crippen molar-refractivity contribution in [2.75, 3.05) is 32.1 Å². The van der Waals surface area contributed by atoms with E-state index in [1.165, 1.54) is 0 Å². The number of rotatable bonds is 6. The molecule has 0 aliphatic carbocycles. The Bertz CT molecular complexity index is 821. The van der Waals surface area contributed by atoms with Crippen LogP contribution in [0.3, 0.4) is 0 Å². The van der Waals surface area contributed by atoms with E-state index in [1.807, 2.05) is 43.4 Å². The summed E-state index contributed by atoms with van der Waals surface area (Å²) in [6, 6.07) is 16.0. The molecule has 3 aromatic rings. The fourth-order valence-electron chi connectivity index (χ4n) is 2.79. The number of hydrogen-bond donors (Lipinski definition) is 1. The van der Waals surface area contributed by atoms with E-state index in [1.54, 1.807) is 0 Å². The van der Waals surface area contributed by atoms with Crippen molar-refractivity contribution in [3.8, 4) is 11.3 Å². The van der Waals surface area contributed by atoms with Crippen LogP contribution in [-0.2, 0) is 0 Å². The summed E-state index contributed by atoms with van der Waals surface area (Å²) in [5.41, 5.74) is 1.90. The normalized spacial score (nSPS) is 10.5. The summed E-state index contributed by atoms with van der Waals surface area (Å²) in [5.74, 6) is 0.916. The third-order valence-corrected chi connectivity index (χ3v) is 4.32. The van der Waals surface area contributed by atoms with Gasteiger partial charge in [-0.3, -0.25) is 0 Å². The van der Waals surface area contributed by atoms with E-state index < -0.39 is 0 Å². The first-order valence-corrected chi connectivity index (χ1v) is 8.45. The molecule has 0 atom stereocenters. The van der Waals surface area contributed by atoms with Crippen molar-refractivity contribution in [1.82, 2.24) is 15.5 Å². The van der Waals surface area contributed by atoms with Gasteiger partial charge in [0.05, 0.1) is 0 Å². The first kappa shape index (κ1) is 19.4. The summed E-state index contributed by atoms with van der Waals surface area (Å²) >= 11 is 6.00. The van der Waals surface area contributed by atoms with Crippen LogP contribution >= 0.6 is 24.0 Å². The molecule has 0 amide bonds. The molecule has 0 saturated carbocycles. The maximum atomic E-state index is 6.00. The molecule has 0 radical (unpaired) electrons. The Balaban J connectivity index is 0.00000225. The van der Waals surface area contributed by atoms with E-state index in [9.17, 15) is 0 Å². The van der Waals surface area contributed by atoms with E-state index in [0.717, 1.165) is 52.4 Å². The molecule has 132 valence electrons. The van der Waals surface area contributed by atoms with Gasteiger partial charge in [0, 0.05) is 35.0 Å². The van der Waals surface area contributed by atoms with E-state index in [-0.39, 0.29) is 12.4 Å². The van der Waals surface area contributed by atoms with Gasteiger partial charge in [-0.15, -0.1) is 22.6 Å². The molecule has 0 saturated heterocycles. The number of fused-ring (bicyclic) bond motifs is 1. The Kier molecular flexibility index (Phi) is 7.00. The maximum absolute atomic E-state index is 6.00. The van der Waals surface area contributed by atoms with E-state index in [4.69, 9.17) is 11.6 Å². The van der Waals surface area contributed by atoms with Crippen LogP contribution in [0.25, 0.3) is 22.0 Å². The second-order valence-electron chi connectivity index (χ2n) is 5.80. The lowest BCUT2D eigenvalue weighted by atomic mass is 10.0. The van der Waals surface area contributed by atoms with Gasteiger partial charge in [0.15, 0.2) is 5.82 Å². The molecule has 0 fully saturated rings. The van der Waals surface area contributed by atoms with Gasteiger partial charge in [0.25, 0.3) is 0 Å². The Hall–Kier alpha value is -1.88. The maximum Gasteiger partial charge on any atom is 0.158 e. The smallest absolute Gasteiger partial charge is 0.158 e. The van der Waals surface area contributed by atoms with E-state index in [2.05, 4.69) is 39.6 Å². The third-order valence-electron chi connectivity index (χ3n) is 4.07. The van der Waals surface area contributed by atoms with Crippen molar-refractivity contribution in [2.24, 2.45) is 0 Å². The highest BCUT2D eigenvalue weighted by atomic mass is 35.5. The molecular weight excluding hydrogens is 355 g/mol. The minimum atomic E-state index is 0. The number of anilines is 1. The monoisotopic (exact) mass is 376 g/mol. The molecule has 1 heterocycles. The Labute approximate surface area is 159 Å². The Morgan fingerprint density at radius 3 is 2.36 bits per heavy atom. The summed E-state index contributed by atoms with van der Waals surface area (Å²) < 4.78 is 0. The lowest BCUT2D eigenvalue weighted by Crippen LogP contribution is -2.23. The van der Waals surface area contributed by atoms with Crippen LogP contribution in [0.5, 0.6) is 0 Å². The first-order valence-electron chi connectivity index (χ1n) is 8.08. The van der Waals surface area contributed by atoms with Gasteiger partial charge < -0.3 is 10.2 Å². The molecule has 3 rings (SSSR count). The van der Waals surface area contributed by atoms with Gasteiger partial charge in [0.2, 0.25) is 0 Å². The quantitative estimate of drug-likeness (QED) is 0.646. The van der Waals surface area contributed by atoms with Gasteiger partial charge in [-0.25, -0.2) is 0 Å². The second-order valence-corrected chi connectivity index (χ2v) is 6.24. The largest absolute Gasteiger partial charge is 0.358 e. The van der Waals surface area contributed by atoms with Gasteiger partial charge in [-0.2, -0.15) is 0 Å². The first-order chi connectivity index (χ1) is 11.7. The van der Waals surface area contributed by atoms with Crippen molar-refractivity contribution >= 4 is 40.6 Å². The molecule has 6 heteroatoms. The predicted molar refractivity (Wildman–Crippen MR) is 109 cm³/mol. The molecule has 1 aromatic heterocycles. The van der Waals surface area contributed by atoms with Gasteiger partial charge in [0.1, 0.15) is 5.69 Å². The van der Waals surface area contributed by atoms with Crippen molar-refractivity contribution in [2.45, 2.75) is 6.42 Å². The summed E-state index contributed by atoms with van der Waals surface area (Å²) in [6.45, 7) is 1.92. The topological polar surface area (TPSA) is 41.0 Å². The number of nitrogens with one attached hydrogen (secondary N) is 1. The molecule has 25 heavy (non-hydrogen) atoms. The Morgan fingerprint density at radius 1 is 1.00 bits per heavy atom.